The maximum absolute atomic E-state index is 6.37. The number of ether oxygens (including phenoxy) is 1. The monoisotopic (exact) mass is 519 g/mol. The molecule has 0 bridgehead atoms. The summed E-state index contributed by atoms with van der Waals surface area (Å²) < 4.78 is 9.81. The summed E-state index contributed by atoms with van der Waals surface area (Å²) in [5.74, 6) is 1.44. The fourth-order valence-electron chi connectivity index (χ4n) is 4.17. The number of likely N-dealkylation sites (N-methyl/N-ethyl adjacent to an activating group) is 1. The number of allylic oxidation sites excluding steroid dienone is 1. The minimum atomic E-state index is 0.195. The molecule has 0 radical (unpaired) electrons. The molecule has 2 unspecified atom stereocenters. The Labute approximate surface area is 224 Å². The summed E-state index contributed by atoms with van der Waals surface area (Å²) in [4.78, 5) is 4.87. The Balaban J connectivity index is 1.57. The van der Waals surface area contributed by atoms with E-state index in [9.17, 15) is 0 Å². The number of thioether (sulfide) groups is 1. The predicted molar refractivity (Wildman–Crippen MR) is 157 cm³/mol. The second-order valence-corrected chi connectivity index (χ2v) is 12.0. The van der Waals surface area contributed by atoms with Gasteiger partial charge < -0.3 is 15.4 Å². The number of anilines is 1. The van der Waals surface area contributed by atoms with Crippen LogP contribution in [0.25, 0.3) is 5.70 Å². The fraction of sp³-hybridized carbons (Fsp3) is 0.333. The molecule has 0 saturated heterocycles. The van der Waals surface area contributed by atoms with Crippen molar-refractivity contribution in [1.29, 1.82) is 0 Å². The third-order valence-corrected chi connectivity index (χ3v) is 8.57. The summed E-state index contributed by atoms with van der Waals surface area (Å²) in [5.41, 5.74) is 12.0. The molecule has 3 aromatic carbocycles. The van der Waals surface area contributed by atoms with Crippen molar-refractivity contribution in [3.63, 3.8) is 0 Å². The van der Waals surface area contributed by atoms with E-state index in [1.54, 1.807) is 11.9 Å². The number of benzene rings is 3. The predicted octanol–water partition coefficient (Wildman–Crippen LogP) is 7.21. The standard InChI is InChI=1S/C30H37N3OS2/c1-20(2)19-34-24-14-15-27-28(18-24)35-30(33(27)5)26(32-36-25-12-7-6-8-13-25)17-22-10-9-11-23(16-22)29(31)21(3)4/h6-16,18,20,26,30,32H,17,19,31H2,1-5H3. The molecule has 1 aliphatic heterocycles. The molecule has 4 rings (SSSR count). The minimum absolute atomic E-state index is 0.195. The normalized spacial score (nSPS) is 15.6. The van der Waals surface area contributed by atoms with E-state index in [0.29, 0.717) is 5.92 Å². The first-order valence-electron chi connectivity index (χ1n) is 12.5. The van der Waals surface area contributed by atoms with Gasteiger partial charge in [-0.25, -0.2) is 0 Å². The van der Waals surface area contributed by atoms with Gasteiger partial charge in [0.2, 0.25) is 0 Å². The fourth-order valence-corrected chi connectivity index (χ4v) is 6.43. The Bertz CT molecular complexity index is 1190. The van der Waals surface area contributed by atoms with E-state index in [2.05, 4.69) is 117 Å². The van der Waals surface area contributed by atoms with Crippen LogP contribution in [0.1, 0.15) is 38.8 Å². The van der Waals surface area contributed by atoms with Crippen LogP contribution < -0.4 is 20.1 Å². The van der Waals surface area contributed by atoms with Crippen LogP contribution >= 0.6 is 23.7 Å². The number of hydrogen-bond acceptors (Lipinski definition) is 6. The van der Waals surface area contributed by atoms with Gasteiger partial charge in [-0.1, -0.05) is 67.6 Å². The molecule has 190 valence electrons. The van der Waals surface area contributed by atoms with E-state index in [1.165, 1.54) is 21.0 Å². The molecule has 3 aromatic rings. The molecule has 0 aliphatic carbocycles. The Morgan fingerprint density at radius 2 is 1.83 bits per heavy atom. The van der Waals surface area contributed by atoms with Crippen molar-refractivity contribution in [1.82, 2.24) is 4.72 Å². The lowest BCUT2D eigenvalue weighted by molar-refractivity contribution is 0.270. The van der Waals surface area contributed by atoms with Gasteiger partial charge in [0.05, 0.1) is 23.7 Å². The molecule has 2 atom stereocenters. The number of nitrogens with two attached hydrogens (primary N) is 1. The minimum Gasteiger partial charge on any atom is -0.493 e. The van der Waals surface area contributed by atoms with Crippen LogP contribution in [-0.4, -0.2) is 25.1 Å². The molecule has 0 saturated carbocycles. The van der Waals surface area contributed by atoms with E-state index in [0.717, 1.165) is 35.6 Å². The second kappa shape index (κ2) is 12.1. The summed E-state index contributed by atoms with van der Waals surface area (Å²) in [5, 5.41) is 0.237. The van der Waals surface area contributed by atoms with E-state index in [1.807, 2.05) is 11.8 Å². The molecular formula is C30H37N3OS2. The smallest absolute Gasteiger partial charge is 0.120 e. The van der Waals surface area contributed by atoms with E-state index in [4.69, 9.17) is 10.5 Å². The second-order valence-electron chi connectivity index (χ2n) is 9.91. The summed E-state index contributed by atoms with van der Waals surface area (Å²) >= 11 is 3.60. The Morgan fingerprint density at radius 1 is 1.06 bits per heavy atom. The lowest BCUT2D eigenvalue weighted by atomic mass is 10.0. The SMILES string of the molecule is CC(C)=C(N)c1cccc(CC(NSc2ccccc2)C2Sc3cc(OCC(C)C)ccc3N2C)c1. The number of rotatable bonds is 10. The molecule has 0 spiro atoms. The van der Waals surface area contributed by atoms with E-state index < -0.39 is 0 Å². The van der Waals surface area contributed by atoms with Crippen LogP contribution in [0.5, 0.6) is 5.75 Å². The van der Waals surface area contributed by atoms with Gasteiger partial charge in [0.25, 0.3) is 0 Å². The van der Waals surface area contributed by atoms with Crippen LogP contribution in [0.15, 0.2) is 88.2 Å². The van der Waals surface area contributed by atoms with Crippen molar-refractivity contribution in [2.45, 2.75) is 55.3 Å². The van der Waals surface area contributed by atoms with Gasteiger partial charge in [-0.15, -0.1) is 0 Å². The first kappa shape index (κ1) is 26.5. The van der Waals surface area contributed by atoms with Gasteiger partial charge in [-0.05, 0) is 85.7 Å². The molecular weight excluding hydrogens is 482 g/mol. The van der Waals surface area contributed by atoms with Gasteiger partial charge in [0.1, 0.15) is 5.75 Å². The first-order chi connectivity index (χ1) is 17.3. The largest absolute Gasteiger partial charge is 0.493 e. The number of nitrogens with zero attached hydrogens (tertiary/aromatic N) is 1. The highest BCUT2D eigenvalue weighted by atomic mass is 32.2. The highest BCUT2D eigenvalue weighted by Crippen LogP contribution is 2.46. The first-order valence-corrected chi connectivity index (χ1v) is 14.2. The number of hydrogen-bond donors (Lipinski definition) is 2. The summed E-state index contributed by atoms with van der Waals surface area (Å²) in [6.07, 6.45) is 0.885. The molecule has 1 aliphatic rings. The summed E-state index contributed by atoms with van der Waals surface area (Å²) in [6, 6.07) is 25.8. The van der Waals surface area contributed by atoms with Gasteiger partial charge in [0.15, 0.2) is 0 Å². The van der Waals surface area contributed by atoms with E-state index in [-0.39, 0.29) is 11.4 Å². The third-order valence-electron chi connectivity index (χ3n) is 6.17. The Hall–Kier alpha value is -2.54. The molecule has 6 heteroatoms. The zero-order valence-corrected chi connectivity index (χ0v) is 23.5. The van der Waals surface area contributed by atoms with Crippen LogP contribution in [0.3, 0.4) is 0 Å². The van der Waals surface area contributed by atoms with Crippen molar-refractivity contribution in [2.75, 3.05) is 18.6 Å². The zero-order chi connectivity index (χ0) is 25.7. The summed E-state index contributed by atoms with van der Waals surface area (Å²) in [7, 11) is 2.19. The highest BCUT2D eigenvalue weighted by Gasteiger charge is 2.34. The lowest BCUT2D eigenvalue weighted by Crippen LogP contribution is -2.44. The highest BCUT2D eigenvalue weighted by molar-refractivity contribution is 8.00. The molecule has 3 N–H and O–H groups in total. The average Bonchev–Trinajstić information content (AvgIpc) is 3.21. The molecule has 0 fully saturated rings. The zero-order valence-electron chi connectivity index (χ0n) is 21.8. The quantitative estimate of drug-likeness (QED) is 0.276. The van der Waals surface area contributed by atoms with Gasteiger partial charge >= 0.3 is 0 Å². The van der Waals surface area contributed by atoms with Gasteiger partial charge in [-0.3, -0.25) is 4.72 Å². The Kier molecular flexibility index (Phi) is 8.94. The van der Waals surface area contributed by atoms with Crippen molar-refractivity contribution in [3.05, 3.63) is 89.5 Å². The van der Waals surface area contributed by atoms with Gasteiger partial charge in [-0.2, -0.15) is 0 Å². The Morgan fingerprint density at radius 3 is 2.56 bits per heavy atom. The van der Waals surface area contributed by atoms with Crippen molar-refractivity contribution >= 4 is 35.1 Å². The molecule has 36 heavy (non-hydrogen) atoms. The molecule has 4 nitrogen and oxygen atoms in total. The molecule has 0 amide bonds. The van der Waals surface area contributed by atoms with Crippen LogP contribution in [0, 0.1) is 5.92 Å². The van der Waals surface area contributed by atoms with E-state index >= 15 is 0 Å². The third kappa shape index (κ3) is 6.61. The lowest BCUT2D eigenvalue weighted by Gasteiger charge is -2.30. The van der Waals surface area contributed by atoms with Crippen LogP contribution in [-0.2, 0) is 6.42 Å². The van der Waals surface area contributed by atoms with Crippen molar-refractivity contribution in [2.24, 2.45) is 11.7 Å². The number of nitrogens with one attached hydrogen (secondary N) is 1. The van der Waals surface area contributed by atoms with Crippen molar-refractivity contribution in [3.8, 4) is 5.75 Å². The van der Waals surface area contributed by atoms with Crippen molar-refractivity contribution < 1.29 is 4.74 Å². The maximum atomic E-state index is 6.37. The summed E-state index contributed by atoms with van der Waals surface area (Å²) in [6.45, 7) is 9.19. The maximum Gasteiger partial charge on any atom is 0.120 e. The average molecular weight is 520 g/mol. The van der Waals surface area contributed by atoms with Crippen LogP contribution in [0.4, 0.5) is 5.69 Å². The van der Waals surface area contributed by atoms with Crippen LogP contribution in [0.2, 0.25) is 0 Å². The van der Waals surface area contributed by atoms with Gasteiger partial charge in [0, 0.05) is 22.5 Å². The number of fused-ring (bicyclic) bond motifs is 1. The molecule has 0 aromatic heterocycles. The molecule has 1 heterocycles. The topological polar surface area (TPSA) is 50.5 Å².